The molecular weight excluding hydrogens is 250 g/mol. The fourth-order valence-electron chi connectivity index (χ4n) is 1.78. The van der Waals surface area contributed by atoms with Crippen LogP contribution in [-0.4, -0.2) is 27.4 Å². The molecule has 0 unspecified atom stereocenters. The van der Waals surface area contributed by atoms with Crippen molar-refractivity contribution in [1.29, 1.82) is 0 Å². The molecule has 1 fully saturated rings. The van der Waals surface area contributed by atoms with E-state index in [1.807, 2.05) is 0 Å². The van der Waals surface area contributed by atoms with Crippen molar-refractivity contribution in [3.8, 4) is 0 Å². The number of anilines is 1. The van der Waals surface area contributed by atoms with Crippen LogP contribution >= 0.6 is 23.3 Å². The number of nitrogens with one attached hydrogen (secondary N) is 1. The van der Waals surface area contributed by atoms with E-state index in [9.17, 15) is 0 Å². The molecule has 0 spiro atoms. The van der Waals surface area contributed by atoms with Crippen molar-refractivity contribution in [2.75, 3.05) is 23.4 Å². The van der Waals surface area contributed by atoms with Crippen molar-refractivity contribution in [3.63, 3.8) is 0 Å². The van der Waals surface area contributed by atoms with Gasteiger partial charge in [0.15, 0.2) is 0 Å². The largest absolute Gasteiger partial charge is 0.360 e. The molecule has 2 rings (SSSR count). The fraction of sp³-hybridized carbons (Fsp3) is 0.833. The zero-order valence-electron chi connectivity index (χ0n) is 10.8. The molecule has 1 aliphatic rings. The number of hydrogen-bond donors (Lipinski definition) is 1. The van der Waals surface area contributed by atoms with Gasteiger partial charge in [-0.1, -0.05) is 20.8 Å². The topological polar surface area (TPSA) is 37.8 Å². The Morgan fingerprint density at radius 3 is 2.59 bits per heavy atom. The second-order valence-corrected chi connectivity index (χ2v) is 7.59. The molecule has 1 aliphatic heterocycles. The van der Waals surface area contributed by atoms with Crippen molar-refractivity contribution in [3.05, 3.63) is 5.82 Å². The van der Waals surface area contributed by atoms with Crippen LogP contribution in [0.1, 0.15) is 39.4 Å². The van der Waals surface area contributed by atoms with Gasteiger partial charge in [-0.05, 0) is 30.3 Å². The SMILES string of the molecule is CC(C)(C)c1nsc(NCC2CCSCC2)n1. The molecule has 0 amide bonds. The van der Waals surface area contributed by atoms with Crippen LogP contribution in [0.2, 0.25) is 0 Å². The Kier molecular flexibility index (Phi) is 4.31. The van der Waals surface area contributed by atoms with Gasteiger partial charge in [0, 0.05) is 23.5 Å². The van der Waals surface area contributed by atoms with Crippen LogP contribution in [0.5, 0.6) is 0 Å². The van der Waals surface area contributed by atoms with Crippen molar-refractivity contribution in [2.24, 2.45) is 5.92 Å². The van der Waals surface area contributed by atoms with Gasteiger partial charge in [-0.25, -0.2) is 4.98 Å². The summed E-state index contributed by atoms with van der Waals surface area (Å²) >= 11 is 3.56. The third kappa shape index (κ3) is 3.85. The highest BCUT2D eigenvalue weighted by molar-refractivity contribution is 7.99. The first-order chi connectivity index (χ1) is 8.05. The first kappa shape index (κ1) is 13.1. The van der Waals surface area contributed by atoms with Crippen LogP contribution in [0.3, 0.4) is 0 Å². The number of thioether (sulfide) groups is 1. The molecule has 5 heteroatoms. The molecule has 0 radical (unpaired) electrons. The molecule has 2 heterocycles. The maximum absolute atomic E-state index is 4.56. The van der Waals surface area contributed by atoms with E-state index >= 15 is 0 Å². The highest BCUT2D eigenvalue weighted by Crippen LogP contribution is 2.25. The summed E-state index contributed by atoms with van der Waals surface area (Å²) in [4.78, 5) is 4.56. The summed E-state index contributed by atoms with van der Waals surface area (Å²) in [7, 11) is 0. The van der Waals surface area contributed by atoms with Crippen LogP contribution in [0.25, 0.3) is 0 Å². The molecule has 17 heavy (non-hydrogen) atoms. The lowest BCUT2D eigenvalue weighted by atomic mass is 9.96. The lowest BCUT2D eigenvalue weighted by Gasteiger charge is -2.21. The lowest BCUT2D eigenvalue weighted by molar-refractivity contribution is 0.515. The maximum Gasteiger partial charge on any atom is 0.202 e. The zero-order valence-corrected chi connectivity index (χ0v) is 12.5. The molecule has 0 aliphatic carbocycles. The van der Waals surface area contributed by atoms with E-state index in [4.69, 9.17) is 0 Å². The van der Waals surface area contributed by atoms with Crippen LogP contribution in [0.4, 0.5) is 5.13 Å². The van der Waals surface area contributed by atoms with E-state index in [-0.39, 0.29) is 5.41 Å². The third-order valence-electron chi connectivity index (χ3n) is 2.98. The Bertz CT molecular complexity index is 351. The van der Waals surface area contributed by atoms with Crippen LogP contribution in [0.15, 0.2) is 0 Å². The van der Waals surface area contributed by atoms with Crippen molar-refractivity contribution in [1.82, 2.24) is 9.36 Å². The number of nitrogens with zero attached hydrogens (tertiary/aromatic N) is 2. The second kappa shape index (κ2) is 5.57. The Balaban J connectivity index is 1.84. The summed E-state index contributed by atoms with van der Waals surface area (Å²) < 4.78 is 4.42. The van der Waals surface area contributed by atoms with E-state index < -0.39 is 0 Å². The average molecular weight is 271 g/mol. The standard InChI is InChI=1S/C12H21N3S2/c1-12(2,3)10-14-11(17-15-10)13-8-9-4-6-16-7-5-9/h9H,4-8H2,1-3H3,(H,13,14,15). The smallest absolute Gasteiger partial charge is 0.202 e. The molecule has 1 aromatic heterocycles. The fourth-order valence-corrected chi connectivity index (χ4v) is 3.75. The Labute approximate surface area is 112 Å². The normalized spacial score (nSPS) is 18.3. The number of rotatable bonds is 3. The minimum atomic E-state index is 0.0535. The lowest BCUT2D eigenvalue weighted by Crippen LogP contribution is -2.19. The second-order valence-electron chi connectivity index (χ2n) is 5.61. The molecule has 0 atom stereocenters. The maximum atomic E-state index is 4.56. The minimum Gasteiger partial charge on any atom is -0.360 e. The van der Waals surface area contributed by atoms with Gasteiger partial charge in [0.1, 0.15) is 5.82 Å². The Hall–Kier alpha value is -0.290. The molecule has 0 bridgehead atoms. The highest BCUT2D eigenvalue weighted by Gasteiger charge is 2.20. The van der Waals surface area contributed by atoms with Gasteiger partial charge in [-0.3, -0.25) is 0 Å². The summed E-state index contributed by atoms with van der Waals surface area (Å²) in [6.45, 7) is 7.50. The summed E-state index contributed by atoms with van der Waals surface area (Å²) in [5.74, 6) is 4.40. The Morgan fingerprint density at radius 1 is 1.29 bits per heavy atom. The van der Waals surface area contributed by atoms with Gasteiger partial charge in [-0.15, -0.1) is 0 Å². The van der Waals surface area contributed by atoms with Crippen LogP contribution in [0, 0.1) is 5.92 Å². The first-order valence-electron chi connectivity index (χ1n) is 6.21. The van der Waals surface area contributed by atoms with Crippen molar-refractivity contribution >= 4 is 28.4 Å². The van der Waals surface area contributed by atoms with Crippen molar-refractivity contribution in [2.45, 2.75) is 39.0 Å². The first-order valence-corrected chi connectivity index (χ1v) is 8.14. The third-order valence-corrected chi connectivity index (χ3v) is 4.70. The molecule has 96 valence electrons. The summed E-state index contributed by atoms with van der Waals surface area (Å²) in [6.07, 6.45) is 2.67. The molecule has 1 saturated heterocycles. The van der Waals surface area contributed by atoms with Crippen molar-refractivity contribution < 1.29 is 0 Å². The van der Waals surface area contributed by atoms with Gasteiger partial charge in [-0.2, -0.15) is 16.1 Å². The molecule has 0 saturated carbocycles. The van der Waals surface area contributed by atoms with E-state index in [1.165, 1.54) is 35.9 Å². The van der Waals surface area contributed by atoms with Gasteiger partial charge in [0.05, 0.1) is 0 Å². The monoisotopic (exact) mass is 271 g/mol. The number of hydrogen-bond acceptors (Lipinski definition) is 5. The molecule has 3 nitrogen and oxygen atoms in total. The van der Waals surface area contributed by atoms with Gasteiger partial charge in [0.2, 0.25) is 5.13 Å². The van der Waals surface area contributed by atoms with E-state index in [2.05, 4.69) is 47.2 Å². The number of aromatic nitrogens is 2. The average Bonchev–Trinajstić information content (AvgIpc) is 2.76. The minimum absolute atomic E-state index is 0.0535. The highest BCUT2D eigenvalue weighted by atomic mass is 32.2. The van der Waals surface area contributed by atoms with Gasteiger partial charge >= 0.3 is 0 Å². The predicted molar refractivity (Wildman–Crippen MR) is 77.1 cm³/mol. The Morgan fingerprint density at radius 2 is 2.00 bits per heavy atom. The summed E-state index contributed by atoms with van der Waals surface area (Å²) in [5, 5.41) is 4.42. The van der Waals surface area contributed by atoms with Crippen LogP contribution in [-0.2, 0) is 5.41 Å². The summed E-state index contributed by atoms with van der Waals surface area (Å²) in [6, 6.07) is 0. The van der Waals surface area contributed by atoms with E-state index in [0.717, 1.165) is 23.4 Å². The predicted octanol–water partition coefficient (Wildman–Crippen LogP) is 3.39. The molecular formula is C12H21N3S2. The van der Waals surface area contributed by atoms with E-state index in [0.29, 0.717) is 0 Å². The summed E-state index contributed by atoms with van der Waals surface area (Å²) in [5.41, 5.74) is 0.0535. The van der Waals surface area contributed by atoms with Gasteiger partial charge in [0.25, 0.3) is 0 Å². The quantitative estimate of drug-likeness (QED) is 0.914. The molecule has 0 aromatic carbocycles. The van der Waals surface area contributed by atoms with Gasteiger partial charge < -0.3 is 5.32 Å². The molecule has 1 aromatic rings. The molecule has 1 N–H and O–H groups in total. The zero-order chi connectivity index (χ0) is 12.3. The van der Waals surface area contributed by atoms with E-state index in [1.54, 1.807) is 0 Å². The van der Waals surface area contributed by atoms with Crippen LogP contribution < -0.4 is 5.32 Å².